The molecule has 1 heterocycles. The van der Waals surface area contributed by atoms with Crippen LogP contribution in [0.25, 0.3) is 76.9 Å². The summed E-state index contributed by atoms with van der Waals surface area (Å²) in [6.45, 7) is 0. The standard InChI is InChI=1S/C50H33NO/c1-2-12-35(13-3-1)45-17-6-8-19-48(45)51(44-27-28-47-46-18-7-9-20-49(46)52-50(47)33-44)43-26-25-41-31-40(23-24-42(41)32-43)38-16-10-15-37(30-38)39-22-21-34-11-4-5-14-36(34)29-39/h1-33H. The normalized spacial score (nSPS) is 11.5. The highest BCUT2D eigenvalue weighted by Gasteiger charge is 2.19. The number of fused-ring (bicyclic) bond motifs is 5. The van der Waals surface area contributed by atoms with Gasteiger partial charge in [-0.25, -0.2) is 0 Å². The van der Waals surface area contributed by atoms with Crippen LogP contribution in [0.3, 0.4) is 0 Å². The number of hydrogen-bond donors (Lipinski definition) is 0. The lowest BCUT2D eigenvalue weighted by Crippen LogP contribution is -2.11. The van der Waals surface area contributed by atoms with Gasteiger partial charge in [0.2, 0.25) is 0 Å². The molecule has 1 aromatic heterocycles. The zero-order valence-corrected chi connectivity index (χ0v) is 28.4. The summed E-state index contributed by atoms with van der Waals surface area (Å²) in [6, 6.07) is 71.8. The Kier molecular flexibility index (Phi) is 7.18. The van der Waals surface area contributed by atoms with Crippen molar-refractivity contribution in [3.8, 4) is 33.4 Å². The Bertz CT molecular complexity index is 2920. The van der Waals surface area contributed by atoms with E-state index in [1.54, 1.807) is 0 Å². The number of hydrogen-bond acceptors (Lipinski definition) is 2. The van der Waals surface area contributed by atoms with Crippen molar-refractivity contribution in [2.24, 2.45) is 0 Å². The van der Waals surface area contributed by atoms with Crippen LogP contribution >= 0.6 is 0 Å². The van der Waals surface area contributed by atoms with Gasteiger partial charge in [0.15, 0.2) is 0 Å². The zero-order chi connectivity index (χ0) is 34.4. The first kappa shape index (κ1) is 30.0. The third-order valence-corrected chi connectivity index (χ3v) is 10.2. The Balaban J connectivity index is 1.07. The lowest BCUT2D eigenvalue weighted by molar-refractivity contribution is 0.669. The minimum Gasteiger partial charge on any atom is -0.456 e. The SMILES string of the molecule is c1ccc(-c2ccccc2N(c2ccc3cc(-c4cccc(-c5ccc6ccccc6c5)c4)ccc3c2)c2ccc3c(c2)oc2ccccc23)cc1. The Morgan fingerprint density at radius 2 is 0.865 bits per heavy atom. The molecule has 0 aliphatic heterocycles. The van der Waals surface area contributed by atoms with Crippen LogP contribution in [-0.4, -0.2) is 0 Å². The molecule has 0 spiro atoms. The molecule has 0 fully saturated rings. The first-order valence-electron chi connectivity index (χ1n) is 17.7. The van der Waals surface area contributed by atoms with Crippen molar-refractivity contribution in [1.29, 1.82) is 0 Å². The number of nitrogens with zero attached hydrogens (tertiary/aromatic N) is 1. The summed E-state index contributed by atoms with van der Waals surface area (Å²) in [4.78, 5) is 2.36. The van der Waals surface area contributed by atoms with Crippen LogP contribution in [0.15, 0.2) is 205 Å². The Morgan fingerprint density at radius 3 is 1.71 bits per heavy atom. The monoisotopic (exact) mass is 663 g/mol. The first-order valence-corrected chi connectivity index (χ1v) is 17.7. The van der Waals surface area contributed by atoms with Crippen LogP contribution in [-0.2, 0) is 0 Å². The summed E-state index contributed by atoms with van der Waals surface area (Å²) in [5.74, 6) is 0. The van der Waals surface area contributed by atoms with Crippen LogP contribution in [0.2, 0.25) is 0 Å². The molecule has 0 saturated carbocycles. The van der Waals surface area contributed by atoms with Gasteiger partial charge in [0, 0.05) is 33.8 Å². The number of rotatable bonds is 6. The van der Waals surface area contributed by atoms with Gasteiger partial charge in [0.05, 0.1) is 5.69 Å². The molecule has 0 amide bonds. The van der Waals surface area contributed by atoms with Gasteiger partial charge in [-0.3, -0.25) is 0 Å². The van der Waals surface area contributed by atoms with Crippen molar-refractivity contribution in [2.75, 3.05) is 4.90 Å². The molecule has 0 bridgehead atoms. The Labute approximate surface area is 302 Å². The molecular formula is C50H33NO. The van der Waals surface area contributed by atoms with E-state index in [1.807, 2.05) is 12.1 Å². The third kappa shape index (κ3) is 5.30. The third-order valence-electron chi connectivity index (χ3n) is 10.2. The zero-order valence-electron chi connectivity index (χ0n) is 28.4. The van der Waals surface area contributed by atoms with Gasteiger partial charge in [-0.15, -0.1) is 0 Å². The van der Waals surface area contributed by atoms with E-state index < -0.39 is 0 Å². The fourth-order valence-electron chi connectivity index (χ4n) is 7.61. The topological polar surface area (TPSA) is 16.4 Å². The molecule has 0 N–H and O–H groups in total. The average molecular weight is 664 g/mol. The quantitative estimate of drug-likeness (QED) is 0.176. The van der Waals surface area contributed by atoms with E-state index in [2.05, 4.69) is 193 Å². The maximum Gasteiger partial charge on any atom is 0.137 e. The maximum absolute atomic E-state index is 6.38. The molecule has 2 heteroatoms. The highest BCUT2D eigenvalue weighted by atomic mass is 16.3. The molecule has 10 rings (SSSR count). The summed E-state index contributed by atoms with van der Waals surface area (Å²) >= 11 is 0. The maximum atomic E-state index is 6.38. The molecule has 0 unspecified atom stereocenters. The van der Waals surface area contributed by atoms with Gasteiger partial charge < -0.3 is 9.32 Å². The van der Waals surface area contributed by atoms with E-state index in [4.69, 9.17) is 4.42 Å². The van der Waals surface area contributed by atoms with E-state index in [9.17, 15) is 0 Å². The number of benzene rings is 9. The highest BCUT2D eigenvalue weighted by molar-refractivity contribution is 6.06. The van der Waals surface area contributed by atoms with Crippen molar-refractivity contribution in [2.45, 2.75) is 0 Å². The van der Waals surface area contributed by atoms with E-state index in [0.29, 0.717) is 0 Å². The number of furan rings is 1. The van der Waals surface area contributed by atoms with Gasteiger partial charge in [0.1, 0.15) is 11.2 Å². The summed E-state index contributed by atoms with van der Waals surface area (Å²) in [5, 5.41) is 7.13. The lowest BCUT2D eigenvalue weighted by Gasteiger charge is -2.28. The summed E-state index contributed by atoms with van der Waals surface area (Å²) in [6.07, 6.45) is 0. The first-order chi connectivity index (χ1) is 25.7. The van der Waals surface area contributed by atoms with Crippen molar-refractivity contribution < 1.29 is 4.42 Å². The van der Waals surface area contributed by atoms with Crippen LogP contribution in [0.1, 0.15) is 0 Å². The van der Waals surface area contributed by atoms with Gasteiger partial charge in [0.25, 0.3) is 0 Å². The molecule has 2 nitrogen and oxygen atoms in total. The minimum absolute atomic E-state index is 0.872. The highest BCUT2D eigenvalue weighted by Crippen LogP contribution is 2.43. The van der Waals surface area contributed by atoms with Crippen molar-refractivity contribution in [1.82, 2.24) is 0 Å². The summed E-state index contributed by atoms with van der Waals surface area (Å²) in [5.41, 5.74) is 12.2. The second-order valence-electron chi connectivity index (χ2n) is 13.4. The van der Waals surface area contributed by atoms with E-state index in [0.717, 1.165) is 44.6 Å². The van der Waals surface area contributed by atoms with Crippen LogP contribution < -0.4 is 4.90 Å². The predicted octanol–water partition coefficient (Wildman–Crippen LogP) is 14.4. The second kappa shape index (κ2) is 12.5. The van der Waals surface area contributed by atoms with Crippen LogP contribution in [0, 0.1) is 0 Å². The Morgan fingerprint density at radius 1 is 0.308 bits per heavy atom. The Hall–Kier alpha value is -6.90. The van der Waals surface area contributed by atoms with Crippen LogP contribution in [0.5, 0.6) is 0 Å². The molecule has 0 aliphatic rings. The molecular weight excluding hydrogens is 631 g/mol. The molecule has 52 heavy (non-hydrogen) atoms. The fourth-order valence-corrected chi connectivity index (χ4v) is 7.61. The lowest BCUT2D eigenvalue weighted by atomic mass is 9.96. The van der Waals surface area contributed by atoms with Gasteiger partial charge in [-0.05, 0) is 104 Å². The smallest absolute Gasteiger partial charge is 0.137 e. The van der Waals surface area contributed by atoms with Gasteiger partial charge in [-0.1, -0.05) is 140 Å². The number of anilines is 3. The molecule has 244 valence electrons. The molecule has 0 aliphatic carbocycles. The fraction of sp³-hybridized carbons (Fsp3) is 0. The summed E-state index contributed by atoms with van der Waals surface area (Å²) < 4.78 is 6.38. The largest absolute Gasteiger partial charge is 0.456 e. The minimum atomic E-state index is 0.872. The van der Waals surface area contributed by atoms with E-state index >= 15 is 0 Å². The average Bonchev–Trinajstić information content (AvgIpc) is 3.59. The molecule has 9 aromatic carbocycles. The van der Waals surface area contributed by atoms with Crippen molar-refractivity contribution >= 4 is 60.5 Å². The van der Waals surface area contributed by atoms with E-state index in [1.165, 1.54) is 49.4 Å². The van der Waals surface area contributed by atoms with Crippen LogP contribution in [0.4, 0.5) is 17.1 Å². The predicted molar refractivity (Wildman–Crippen MR) is 220 cm³/mol. The number of para-hydroxylation sites is 2. The van der Waals surface area contributed by atoms with Gasteiger partial charge in [-0.2, -0.15) is 0 Å². The molecule has 0 radical (unpaired) electrons. The second-order valence-corrected chi connectivity index (χ2v) is 13.4. The van der Waals surface area contributed by atoms with Crippen molar-refractivity contribution in [3.63, 3.8) is 0 Å². The van der Waals surface area contributed by atoms with Crippen molar-refractivity contribution in [3.05, 3.63) is 200 Å². The summed E-state index contributed by atoms with van der Waals surface area (Å²) in [7, 11) is 0. The molecule has 0 atom stereocenters. The molecule has 10 aromatic rings. The molecule has 0 saturated heterocycles. The van der Waals surface area contributed by atoms with E-state index in [-0.39, 0.29) is 0 Å². The van der Waals surface area contributed by atoms with Gasteiger partial charge >= 0.3 is 0 Å².